The van der Waals surface area contributed by atoms with E-state index >= 15 is 0 Å². The van der Waals surface area contributed by atoms with Gasteiger partial charge in [0.1, 0.15) is 5.69 Å². The number of nitrogens with zero attached hydrogens (tertiary/aromatic N) is 3. The number of nitrogens with one attached hydrogen (secondary N) is 1. The monoisotopic (exact) mass is 368 g/mol. The van der Waals surface area contributed by atoms with E-state index in [1.807, 2.05) is 38.4 Å². The lowest BCUT2D eigenvalue weighted by Gasteiger charge is -2.26. The van der Waals surface area contributed by atoms with Crippen LogP contribution in [-0.2, 0) is 11.3 Å². The minimum atomic E-state index is -0.128. The molecule has 1 aromatic heterocycles. The van der Waals surface area contributed by atoms with Crippen molar-refractivity contribution in [1.82, 2.24) is 20.1 Å². The maximum atomic E-state index is 12.7. The Bertz CT molecular complexity index is 757. The number of amides is 1. The van der Waals surface area contributed by atoms with Gasteiger partial charge < -0.3 is 15.0 Å². The third kappa shape index (κ3) is 5.60. The fourth-order valence-corrected chi connectivity index (χ4v) is 3.26. The zero-order chi connectivity index (χ0) is 19.1. The van der Waals surface area contributed by atoms with Gasteiger partial charge >= 0.3 is 0 Å². The topological polar surface area (TPSA) is 57.7 Å². The van der Waals surface area contributed by atoms with E-state index in [1.54, 1.807) is 6.20 Å². The summed E-state index contributed by atoms with van der Waals surface area (Å²) in [5, 5.41) is 3.01. The first-order chi connectivity index (χ1) is 13.1. The number of ether oxygens (including phenoxy) is 1. The zero-order valence-corrected chi connectivity index (χ0v) is 16.1. The Hall–Kier alpha value is -2.28. The van der Waals surface area contributed by atoms with Crippen LogP contribution in [0, 0.1) is 0 Å². The van der Waals surface area contributed by atoms with E-state index in [0.29, 0.717) is 12.2 Å². The molecule has 0 unspecified atom stereocenters. The standard InChI is InChI=1S/C21H28N4O2/c1-24(2)16-17-5-3-6-18(15-17)19-7-4-8-22-20(19)21(26)23-9-10-25-11-13-27-14-12-25/h3-8,15H,9-14,16H2,1-2H3,(H,23,26). The van der Waals surface area contributed by atoms with E-state index < -0.39 is 0 Å². The van der Waals surface area contributed by atoms with Gasteiger partial charge in [0.05, 0.1) is 13.2 Å². The number of benzene rings is 1. The maximum Gasteiger partial charge on any atom is 0.270 e. The molecule has 1 aromatic carbocycles. The van der Waals surface area contributed by atoms with Crippen LogP contribution in [0.25, 0.3) is 11.1 Å². The highest BCUT2D eigenvalue weighted by atomic mass is 16.5. The van der Waals surface area contributed by atoms with Crippen LogP contribution >= 0.6 is 0 Å². The average Bonchev–Trinajstić information content (AvgIpc) is 2.68. The first kappa shape index (κ1) is 19.5. The highest BCUT2D eigenvalue weighted by Gasteiger charge is 2.15. The fourth-order valence-electron chi connectivity index (χ4n) is 3.26. The molecule has 1 saturated heterocycles. The van der Waals surface area contributed by atoms with Gasteiger partial charge in [0.15, 0.2) is 0 Å². The fraction of sp³-hybridized carbons (Fsp3) is 0.429. The van der Waals surface area contributed by atoms with Crippen molar-refractivity contribution in [2.45, 2.75) is 6.54 Å². The van der Waals surface area contributed by atoms with Gasteiger partial charge in [-0.2, -0.15) is 0 Å². The van der Waals surface area contributed by atoms with Crippen LogP contribution in [-0.4, -0.2) is 74.2 Å². The average molecular weight is 368 g/mol. The van der Waals surface area contributed by atoms with Crippen LogP contribution in [0.4, 0.5) is 0 Å². The van der Waals surface area contributed by atoms with E-state index in [-0.39, 0.29) is 5.91 Å². The molecule has 0 saturated carbocycles. The summed E-state index contributed by atoms with van der Waals surface area (Å²) in [5.74, 6) is -0.128. The van der Waals surface area contributed by atoms with Crippen LogP contribution in [0.2, 0.25) is 0 Å². The smallest absolute Gasteiger partial charge is 0.270 e. The molecule has 0 radical (unpaired) electrons. The molecule has 0 spiro atoms. The molecule has 1 aliphatic heterocycles. The van der Waals surface area contributed by atoms with Crippen LogP contribution in [0.5, 0.6) is 0 Å². The number of hydrogen-bond donors (Lipinski definition) is 1. The second-order valence-corrected chi connectivity index (χ2v) is 7.05. The maximum absolute atomic E-state index is 12.7. The number of aromatic nitrogens is 1. The van der Waals surface area contributed by atoms with Crippen LogP contribution < -0.4 is 5.32 Å². The van der Waals surface area contributed by atoms with Gasteiger partial charge in [-0.05, 0) is 37.4 Å². The molecule has 2 heterocycles. The Morgan fingerprint density at radius 2 is 2.04 bits per heavy atom. The molecule has 1 aliphatic rings. The summed E-state index contributed by atoms with van der Waals surface area (Å²) in [7, 11) is 4.09. The Labute approximate surface area is 161 Å². The predicted molar refractivity (Wildman–Crippen MR) is 107 cm³/mol. The zero-order valence-electron chi connectivity index (χ0n) is 16.1. The summed E-state index contributed by atoms with van der Waals surface area (Å²) >= 11 is 0. The minimum absolute atomic E-state index is 0.128. The highest BCUT2D eigenvalue weighted by Crippen LogP contribution is 2.23. The highest BCUT2D eigenvalue weighted by molar-refractivity contribution is 5.98. The number of hydrogen-bond acceptors (Lipinski definition) is 5. The SMILES string of the molecule is CN(C)Cc1cccc(-c2cccnc2C(=O)NCCN2CCOCC2)c1. The second-order valence-electron chi connectivity index (χ2n) is 7.05. The van der Waals surface area contributed by atoms with Gasteiger partial charge in [-0.1, -0.05) is 24.3 Å². The van der Waals surface area contributed by atoms with Crippen LogP contribution in [0.3, 0.4) is 0 Å². The third-order valence-electron chi connectivity index (χ3n) is 4.58. The second kappa shape index (κ2) is 9.60. The summed E-state index contributed by atoms with van der Waals surface area (Å²) in [4.78, 5) is 21.5. The third-order valence-corrected chi connectivity index (χ3v) is 4.58. The first-order valence-electron chi connectivity index (χ1n) is 9.41. The quantitative estimate of drug-likeness (QED) is 0.809. The lowest BCUT2D eigenvalue weighted by atomic mass is 10.0. The van der Waals surface area contributed by atoms with E-state index in [2.05, 4.69) is 32.2 Å². The van der Waals surface area contributed by atoms with Gasteiger partial charge in [-0.3, -0.25) is 14.7 Å². The molecule has 1 amide bonds. The van der Waals surface area contributed by atoms with Gasteiger partial charge in [-0.15, -0.1) is 0 Å². The van der Waals surface area contributed by atoms with E-state index in [9.17, 15) is 4.79 Å². The van der Waals surface area contributed by atoms with Crippen molar-refractivity contribution in [3.8, 4) is 11.1 Å². The molecule has 6 heteroatoms. The number of rotatable bonds is 7. The van der Waals surface area contributed by atoms with Crippen molar-refractivity contribution >= 4 is 5.91 Å². The van der Waals surface area contributed by atoms with E-state index in [0.717, 1.165) is 50.5 Å². The van der Waals surface area contributed by atoms with Crippen molar-refractivity contribution < 1.29 is 9.53 Å². The van der Waals surface area contributed by atoms with Gasteiger partial charge in [0.25, 0.3) is 5.91 Å². The van der Waals surface area contributed by atoms with E-state index in [1.165, 1.54) is 5.56 Å². The Kier molecular flexibility index (Phi) is 6.92. The number of morpholine rings is 1. The number of pyridine rings is 1. The normalized spacial score (nSPS) is 15.1. The number of carbonyl (C=O) groups is 1. The molecule has 144 valence electrons. The summed E-state index contributed by atoms with van der Waals surface area (Å²) < 4.78 is 5.35. The molecule has 0 bridgehead atoms. The van der Waals surface area contributed by atoms with Crippen molar-refractivity contribution in [1.29, 1.82) is 0 Å². The summed E-state index contributed by atoms with van der Waals surface area (Å²) in [5.41, 5.74) is 3.56. The van der Waals surface area contributed by atoms with Gasteiger partial charge in [-0.25, -0.2) is 0 Å². The molecule has 27 heavy (non-hydrogen) atoms. The number of carbonyl (C=O) groups excluding carboxylic acids is 1. The summed E-state index contributed by atoms with van der Waals surface area (Å²) in [6.07, 6.45) is 1.67. The molecule has 2 aromatic rings. The Morgan fingerprint density at radius 3 is 2.81 bits per heavy atom. The minimum Gasteiger partial charge on any atom is -0.379 e. The molecule has 1 N–H and O–H groups in total. The molecule has 0 atom stereocenters. The Balaban J connectivity index is 1.68. The van der Waals surface area contributed by atoms with Crippen molar-refractivity contribution in [2.75, 3.05) is 53.5 Å². The van der Waals surface area contributed by atoms with Gasteiger partial charge in [0, 0.05) is 44.5 Å². The molecule has 3 rings (SSSR count). The molecular weight excluding hydrogens is 340 g/mol. The van der Waals surface area contributed by atoms with E-state index in [4.69, 9.17) is 4.74 Å². The van der Waals surface area contributed by atoms with Crippen LogP contribution in [0.15, 0.2) is 42.6 Å². The predicted octanol–water partition coefficient (Wildman–Crippen LogP) is 1.87. The molecular formula is C21H28N4O2. The van der Waals surface area contributed by atoms with Crippen molar-refractivity contribution in [3.63, 3.8) is 0 Å². The van der Waals surface area contributed by atoms with Crippen LogP contribution in [0.1, 0.15) is 16.1 Å². The lowest BCUT2D eigenvalue weighted by Crippen LogP contribution is -2.41. The Morgan fingerprint density at radius 1 is 1.22 bits per heavy atom. The van der Waals surface area contributed by atoms with Gasteiger partial charge in [0.2, 0.25) is 0 Å². The summed E-state index contributed by atoms with van der Waals surface area (Å²) in [6.45, 7) is 5.66. The lowest BCUT2D eigenvalue weighted by molar-refractivity contribution is 0.0383. The largest absolute Gasteiger partial charge is 0.379 e. The first-order valence-corrected chi connectivity index (χ1v) is 9.41. The molecule has 1 fully saturated rings. The summed E-state index contributed by atoms with van der Waals surface area (Å²) in [6, 6.07) is 12.1. The molecule has 6 nitrogen and oxygen atoms in total. The molecule has 0 aliphatic carbocycles. The van der Waals surface area contributed by atoms with Crippen molar-refractivity contribution in [3.05, 3.63) is 53.9 Å². The van der Waals surface area contributed by atoms with Crippen molar-refractivity contribution in [2.24, 2.45) is 0 Å².